The van der Waals surface area contributed by atoms with Crippen molar-refractivity contribution in [3.63, 3.8) is 0 Å². The fraction of sp³-hybridized carbons (Fsp3) is 0.333. The molecule has 2 aromatic carbocycles. The molecule has 0 bridgehead atoms. The van der Waals surface area contributed by atoms with Gasteiger partial charge in [0.1, 0.15) is 5.75 Å². The minimum absolute atomic E-state index is 0.0238. The van der Waals surface area contributed by atoms with Gasteiger partial charge in [0, 0.05) is 20.0 Å². The summed E-state index contributed by atoms with van der Waals surface area (Å²) in [5, 5.41) is 2.84. The van der Waals surface area contributed by atoms with E-state index in [-0.39, 0.29) is 25.2 Å². The molecule has 7 nitrogen and oxygen atoms in total. The van der Waals surface area contributed by atoms with Crippen molar-refractivity contribution < 1.29 is 23.8 Å². The average Bonchev–Trinajstić information content (AvgIpc) is 3.17. The van der Waals surface area contributed by atoms with Crippen molar-refractivity contribution in [3.8, 4) is 17.2 Å². The number of fused-ring (bicyclic) bond motifs is 1. The second-order valence-electron chi connectivity index (χ2n) is 6.50. The molecule has 0 spiro atoms. The SMILES string of the molecule is COc1ccc(CCN(CC(=O)NCc2ccc3c(c2)OCO3)C(C)=O)cc1. The number of nitrogens with zero attached hydrogens (tertiary/aromatic N) is 1. The first-order valence-corrected chi connectivity index (χ1v) is 9.09. The maximum absolute atomic E-state index is 12.3. The van der Waals surface area contributed by atoms with Gasteiger partial charge >= 0.3 is 0 Å². The van der Waals surface area contributed by atoms with E-state index in [0.717, 1.165) is 16.9 Å². The van der Waals surface area contributed by atoms with Crippen LogP contribution in [0.4, 0.5) is 0 Å². The number of nitrogens with one attached hydrogen (secondary N) is 1. The van der Waals surface area contributed by atoms with E-state index in [1.807, 2.05) is 42.5 Å². The molecule has 148 valence electrons. The number of rotatable bonds is 8. The highest BCUT2D eigenvalue weighted by atomic mass is 16.7. The Morgan fingerprint density at radius 1 is 1.07 bits per heavy atom. The molecule has 3 rings (SSSR count). The quantitative estimate of drug-likeness (QED) is 0.755. The highest BCUT2D eigenvalue weighted by Gasteiger charge is 2.15. The number of carbonyl (C=O) groups is 2. The summed E-state index contributed by atoms with van der Waals surface area (Å²) in [6.45, 7) is 2.54. The molecular weight excluding hydrogens is 360 g/mol. The number of ether oxygens (including phenoxy) is 3. The normalized spacial score (nSPS) is 11.8. The van der Waals surface area contributed by atoms with Crippen LogP contribution in [-0.2, 0) is 22.6 Å². The molecule has 2 aromatic rings. The second kappa shape index (κ2) is 9.12. The van der Waals surface area contributed by atoms with E-state index >= 15 is 0 Å². The maximum atomic E-state index is 12.3. The fourth-order valence-electron chi connectivity index (χ4n) is 2.88. The van der Waals surface area contributed by atoms with Crippen LogP contribution in [-0.4, -0.2) is 43.7 Å². The number of benzene rings is 2. The summed E-state index contributed by atoms with van der Waals surface area (Å²) in [5.41, 5.74) is 1.98. The first-order valence-electron chi connectivity index (χ1n) is 9.09. The summed E-state index contributed by atoms with van der Waals surface area (Å²) in [6, 6.07) is 13.2. The summed E-state index contributed by atoms with van der Waals surface area (Å²) in [4.78, 5) is 25.7. The first-order chi connectivity index (χ1) is 13.5. The van der Waals surface area contributed by atoms with E-state index in [9.17, 15) is 9.59 Å². The van der Waals surface area contributed by atoms with Crippen molar-refractivity contribution in [2.24, 2.45) is 0 Å². The van der Waals surface area contributed by atoms with Crippen LogP contribution >= 0.6 is 0 Å². The molecule has 1 aliphatic rings. The third kappa shape index (κ3) is 5.16. The lowest BCUT2D eigenvalue weighted by Crippen LogP contribution is -2.40. The van der Waals surface area contributed by atoms with E-state index in [1.165, 1.54) is 6.92 Å². The van der Waals surface area contributed by atoms with E-state index in [4.69, 9.17) is 14.2 Å². The molecule has 7 heteroatoms. The van der Waals surface area contributed by atoms with Gasteiger partial charge in [-0.2, -0.15) is 0 Å². The Morgan fingerprint density at radius 3 is 2.50 bits per heavy atom. The lowest BCUT2D eigenvalue weighted by atomic mass is 10.1. The molecule has 0 unspecified atom stereocenters. The van der Waals surface area contributed by atoms with Crippen molar-refractivity contribution >= 4 is 11.8 Å². The zero-order chi connectivity index (χ0) is 19.9. The highest BCUT2D eigenvalue weighted by Crippen LogP contribution is 2.32. The third-order valence-corrected chi connectivity index (χ3v) is 4.54. The number of carbonyl (C=O) groups excluding carboxylic acids is 2. The Hall–Kier alpha value is -3.22. The molecule has 28 heavy (non-hydrogen) atoms. The van der Waals surface area contributed by atoms with Crippen molar-refractivity contribution in [3.05, 3.63) is 53.6 Å². The number of amides is 2. The van der Waals surface area contributed by atoms with Crippen molar-refractivity contribution in [2.45, 2.75) is 19.9 Å². The standard InChI is InChI=1S/C21H24N2O5/c1-15(24)23(10-9-16-3-6-18(26-2)7-4-16)13-21(25)22-12-17-5-8-19-20(11-17)28-14-27-19/h3-8,11H,9-10,12-14H2,1-2H3,(H,22,25). The second-order valence-corrected chi connectivity index (χ2v) is 6.50. The van der Waals surface area contributed by atoms with Gasteiger partial charge in [0.05, 0.1) is 13.7 Å². The van der Waals surface area contributed by atoms with Crippen LogP contribution in [0.3, 0.4) is 0 Å². The van der Waals surface area contributed by atoms with E-state index in [1.54, 1.807) is 12.0 Å². The Bertz CT molecular complexity index is 835. The topological polar surface area (TPSA) is 77.1 Å². The van der Waals surface area contributed by atoms with Crippen molar-refractivity contribution in [1.82, 2.24) is 10.2 Å². The largest absolute Gasteiger partial charge is 0.497 e. The summed E-state index contributed by atoms with van der Waals surface area (Å²) in [7, 11) is 1.62. The van der Waals surface area contributed by atoms with Crippen LogP contribution in [0.5, 0.6) is 17.2 Å². The van der Waals surface area contributed by atoms with Gasteiger partial charge in [-0.1, -0.05) is 18.2 Å². The predicted octanol–water partition coefficient (Wildman–Crippen LogP) is 2.13. The molecule has 0 aliphatic carbocycles. The van der Waals surface area contributed by atoms with Crippen LogP contribution in [0.2, 0.25) is 0 Å². The minimum Gasteiger partial charge on any atom is -0.497 e. The van der Waals surface area contributed by atoms with Crippen LogP contribution in [0.25, 0.3) is 0 Å². The molecule has 1 heterocycles. The van der Waals surface area contributed by atoms with Gasteiger partial charge in [-0.05, 0) is 41.8 Å². The molecule has 1 N–H and O–H groups in total. The Balaban J connectivity index is 1.48. The molecule has 0 aromatic heterocycles. The van der Waals surface area contributed by atoms with Gasteiger partial charge in [0.2, 0.25) is 18.6 Å². The zero-order valence-electron chi connectivity index (χ0n) is 16.1. The monoisotopic (exact) mass is 384 g/mol. The van der Waals surface area contributed by atoms with Gasteiger partial charge in [-0.25, -0.2) is 0 Å². The molecule has 0 saturated carbocycles. The molecule has 0 saturated heterocycles. The highest BCUT2D eigenvalue weighted by molar-refractivity contribution is 5.83. The van der Waals surface area contributed by atoms with Gasteiger partial charge < -0.3 is 24.4 Å². The first kappa shape index (κ1) is 19.5. The molecular formula is C21H24N2O5. The van der Waals surface area contributed by atoms with E-state index in [0.29, 0.717) is 31.0 Å². The predicted molar refractivity (Wildman–Crippen MR) is 103 cm³/mol. The van der Waals surface area contributed by atoms with Crippen LogP contribution < -0.4 is 19.5 Å². The molecule has 0 fully saturated rings. The van der Waals surface area contributed by atoms with Gasteiger partial charge in [0.15, 0.2) is 11.5 Å². The zero-order valence-corrected chi connectivity index (χ0v) is 16.1. The summed E-state index contributed by atoms with van der Waals surface area (Å²) in [5.74, 6) is 1.83. The Kier molecular flexibility index (Phi) is 6.37. The van der Waals surface area contributed by atoms with Crippen molar-refractivity contribution in [2.75, 3.05) is 27.0 Å². The lowest BCUT2D eigenvalue weighted by molar-refractivity contribution is -0.134. The van der Waals surface area contributed by atoms with Gasteiger partial charge in [-0.3, -0.25) is 9.59 Å². The third-order valence-electron chi connectivity index (χ3n) is 4.54. The Morgan fingerprint density at radius 2 is 1.79 bits per heavy atom. The summed E-state index contributed by atoms with van der Waals surface area (Å²) >= 11 is 0. The average molecular weight is 384 g/mol. The van der Waals surface area contributed by atoms with Gasteiger partial charge in [0.25, 0.3) is 0 Å². The minimum atomic E-state index is -0.206. The number of hydrogen-bond acceptors (Lipinski definition) is 5. The maximum Gasteiger partial charge on any atom is 0.239 e. The van der Waals surface area contributed by atoms with E-state index < -0.39 is 0 Å². The number of methoxy groups -OCH3 is 1. The lowest BCUT2D eigenvalue weighted by Gasteiger charge is -2.20. The van der Waals surface area contributed by atoms with E-state index in [2.05, 4.69) is 5.32 Å². The molecule has 0 radical (unpaired) electrons. The summed E-state index contributed by atoms with van der Waals surface area (Å²) in [6.07, 6.45) is 0.666. The molecule has 2 amide bonds. The van der Waals surface area contributed by atoms with Crippen LogP contribution in [0, 0.1) is 0 Å². The van der Waals surface area contributed by atoms with Gasteiger partial charge in [-0.15, -0.1) is 0 Å². The van der Waals surface area contributed by atoms with Crippen LogP contribution in [0.15, 0.2) is 42.5 Å². The fourth-order valence-corrected chi connectivity index (χ4v) is 2.88. The molecule has 0 atom stereocenters. The van der Waals surface area contributed by atoms with Crippen LogP contribution in [0.1, 0.15) is 18.1 Å². The Labute approximate surface area is 164 Å². The number of hydrogen-bond donors (Lipinski definition) is 1. The summed E-state index contributed by atoms with van der Waals surface area (Å²) < 4.78 is 15.7. The molecule has 1 aliphatic heterocycles. The van der Waals surface area contributed by atoms with Crippen molar-refractivity contribution in [1.29, 1.82) is 0 Å². The smallest absolute Gasteiger partial charge is 0.239 e.